The summed E-state index contributed by atoms with van der Waals surface area (Å²) in [5, 5.41) is 21.6. The van der Waals surface area contributed by atoms with Gasteiger partial charge in [0.15, 0.2) is 0 Å². The van der Waals surface area contributed by atoms with Crippen molar-refractivity contribution in [3.8, 4) is 5.75 Å². The summed E-state index contributed by atoms with van der Waals surface area (Å²) in [6, 6.07) is 4.33. The predicted molar refractivity (Wildman–Crippen MR) is 106 cm³/mol. The SMILES string of the molecule is C=C1C(C(=O)O)=CN(CCO)c2cc(OC)c(NCc3c(F)cc(F)cc3F)cc21. The summed E-state index contributed by atoms with van der Waals surface area (Å²) in [7, 11) is 1.40. The number of fused-ring (bicyclic) bond motifs is 1. The van der Waals surface area contributed by atoms with E-state index < -0.39 is 23.4 Å². The Balaban J connectivity index is 2.01. The van der Waals surface area contributed by atoms with Gasteiger partial charge in [0.2, 0.25) is 0 Å². The van der Waals surface area contributed by atoms with Crippen LogP contribution in [-0.4, -0.2) is 36.4 Å². The molecule has 9 heteroatoms. The third-order valence-corrected chi connectivity index (χ3v) is 4.70. The first kappa shape index (κ1) is 21.3. The van der Waals surface area contributed by atoms with Crippen molar-refractivity contribution in [2.45, 2.75) is 6.54 Å². The monoisotopic (exact) mass is 420 g/mol. The third-order valence-electron chi connectivity index (χ3n) is 4.70. The fourth-order valence-electron chi connectivity index (χ4n) is 3.21. The maximum Gasteiger partial charge on any atom is 0.337 e. The molecule has 1 heterocycles. The molecule has 0 spiro atoms. The first-order valence-corrected chi connectivity index (χ1v) is 8.88. The van der Waals surface area contributed by atoms with Crippen LogP contribution in [0, 0.1) is 17.5 Å². The van der Waals surface area contributed by atoms with E-state index >= 15 is 0 Å². The normalized spacial score (nSPS) is 13.0. The second kappa shape index (κ2) is 8.50. The van der Waals surface area contributed by atoms with Crippen molar-refractivity contribution in [2.24, 2.45) is 0 Å². The largest absolute Gasteiger partial charge is 0.495 e. The number of carboxylic acids is 1. The number of benzene rings is 2. The molecule has 0 bridgehead atoms. The number of aliphatic hydroxyl groups is 1. The molecule has 1 aliphatic heterocycles. The van der Waals surface area contributed by atoms with E-state index in [0.29, 0.717) is 34.8 Å². The lowest BCUT2D eigenvalue weighted by Gasteiger charge is -2.30. The van der Waals surface area contributed by atoms with Gasteiger partial charge in [-0.3, -0.25) is 0 Å². The molecule has 3 N–H and O–H groups in total. The number of anilines is 2. The van der Waals surface area contributed by atoms with Gasteiger partial charge in [0.1, 0.15) is 23.2 Å². The Labute approximate surface area is 170 Å². The van der Waals surface area contributed by atoms with E-state index in [1.807, 2.05) is 0 Å². The average Bonchev–Trinajstić information content (AvgIpc) is 2.68. The number of aliphatic hydroxyl groups excluding tert-OH is 1. The molecule has 0 fully saturated rings. The molecule has 158 valence electrons. The van der Waals surface area contributed by atoms with E-state index in [2.05, 4.69) is 11.9 Å². The molecule has 0 atom stereocenters. The number of β-amino-alcohol motifs (C(OH)–C–C–N with tert-alkyl or cyclic N) is 1. The Kier molecular flexibility index (Phi) is 6.02. The fraction of sp³-hybridized carbons (Fsp3) is 0.190. The van der Waals surface area contributed by atoms with Gasteiger partial charge >= 0.3 is 5.97 Å². The standard InChI is InChI=1S/C21H19F3N2O4/c1-11-13-7-18(25-9-14-16(23)5-12(22)6-17(14)24)20(30-2)8-19(13)26(3-4-27)10-15(11)21(28)29/h5-8,10,25,27H,1,3-4,9H2,2H3,(H,28,29). The minimum atomic E-state index is -1.19. The number of hydrogen-bond donors (Lipinski definition) is 3. The molecule has 0 aliphatic carbocycles. The van der Waals surface area contributed by atoms with Crippen molar-refractivity contribution >= 4 is 22.9 Å². The van der Waals surface area contributed by atoms with Crippen LogP contribution >= 0.6 is 0 Å². The van der Waals surface area contributed by atoms with Crippen LogP contribution in [0.5, 0.6) is 5.75 Å². The quantitative estimate of drug-likeness (QED) is 0.636. The van der Waals surface area contributed by atoms with Gasteiger partial charge in [0, 0.05) is 48.6 Å². The average molecular weight is 420 g/mol. The molecule has 0 aromatic heterocycles. The molecule has 0 unspecified atom stereocenters. The molecular weight excluding hydrogens is 401 g/mol. The van der Waals surface area contributed by atoms with E-state index in [0.717, 1.165) is 0 Å². The van der Waals surface area contributed by atoms with Gasteiger partial charge in [-0.25, -0.2) is 18.0 Å². The van der Waals surface area contributed by atoms with Crippen LogP contribution in [0.15, 0.2) is 42.6 Å². The summed E-state index contributed by atoms with van der Waals surface area (Å²) in [5.74, 6) is -3.96. The number of methoxy groups -OCH3 is 1. The second-order valence-corrected chi connectivity index (χ2v) is 6.51. The topological polar surface area (TPSA) is 82.0 Å². The van der Waals surface area contributed by atoms with Crippen molar-refractivity contribution in [1.82, 2.24) is 0 Å². The van der Waals surface area contributed by atoms with Gasteiger partial charge in [-0.1, -0.05) is 6.58 Å². The Morgan fingerprint density at radius 2 is 1.87 bits per heavy atom. The van der Waals surface area contributed by atoms with Gasteiger partial charge in [0.05, 0.1) is 30.7 Å². The third kappa shape index (κ3) is 3.97. The van der Waals surface area contributed by atoms with Gasteiger partial charge in [0.25, 0.3) is 0 Å². The Morgan fingerprint density at radius 1 is 1.20 bits per heavy atom. The van der Waals surface area contributed by atoms with Crippen molar-refractivity contribution in [3.63, 3.8) is 0 Å². The molecule has 30 heavy (non-hydrogen) atoms. The number of nitrogens with one attached hydrogen (secondary N) is 1. The van der Waals surface area contributed by atoms with Gasteiger partial charge in [-0.05, 0) is 11.6 Å². The Bertz CT molecular complexity index is 1030. The maximum atomic E-state index is 13.9. The fourth-order valence-corrected chi connectivity index (χ4v) is 3.21. The molecule has 3 rings (SSSR count). The summed E-state index contributed by atoms with van der Waals surface area (Å²) in [4.78, 5) is 13.1. The first-order valence-electron chi connectivity index (χ1n) is 8.88. The van der Waals surface area contributed by atoms with Gasteiger partial charge in [-0.2, -0.15) is 0 Å². The molecule has 2 aromatic carbocycles. The molecule has 0 saturated carbocycles. The van der Waals surface area contributed by atoms with Crippen LogP contribution < -0.4 is 15.0 Å². The van der Waals surface area contributed by atoms with E-state index in [4.69, 9.17) is 4.74 Å². The second-order valence-electron chi connectivity index (χ2n) is 6.51. The zero-order valence-electron chi connectivity index (χ0n) is 16.0. The highest BCUT2D eigenvalue weighted by Gasteiger charge is 2.26. The van der Waals surface area contributed by atoms with E-state index in [1.54, 1.807) is 17.0 Å². The minimum Gasteiger partial charge on any atom is -0.495 e. The lowest BCUT2D eigenvalue weighted by atomic mass is 9.93. The first-order chi connectivity index (χ1) is 14.3. The smallest absolute Gasteiger partial charge is 0.337 e. The molecule has 1 aliphatic rings. The number of nitrogens with zero attached hydrogens (tertiary/aromatic N) is 1. The lowest BCUT2D eigenvalue weighted by Crippen LogP contribution is -2.27. The molecule has 0 radical (unpaired) electrons. The number of halogens is 3. The summed E-state index contributed by atoms with van der Waals surface area (Å²) in [6.07, 6.45) is 1.37. The van der Waals surface area contributed by atoms with E-state index in [1.165, 1.54) is 13.3 Å². The minimum absolute atomic E-state index is 0.0531. The zero-order chi connectivity index (χ0) is 22.0. The molecule has 6 nitrogen and oxygen atoms in total. The number of ether oxygens (including phenoxy) is 1. The molecule has 0 amide bonds. The van der Waals surface area contributed by atoms with Crippen LogP contribution in [0.4, 0.5) is 24.5 Å². The summed E-state index contributed by atoms with van der Waals surface area (Å²) in [6.45, 7) is 3.45. The van der Waals surface area contributed by atoms with Gasteiger partial charge < -0.3 is 25.2 Å². The predicted octanol–water partition coefficient (Wildman–Crippen LogP) is 3.52. The highest BCUT2D eigenvalue weighted by atomic mass is 19.1. The highest BCUT2D eigenvalue weighted by Crippen LogP contribution is 2.42. The molecular formula is C21H19F3N2O4. The van der Waals surface area contributed by atoms with Crippen LogP contribution in [-0.2, 0) is 11.3 Å². The van der Waals surface area contributed by atoms with E-state index in [9.17, 15) is 28.2 Å². The highest BCUT2D eigenvalue weighted by molar-refractivity contribution is 6.09. The van der Waals surface area contributed by atoms with E-state index in [-0.39, 0.29) is 36.4 Å². The zero-order valence-corrected chi connectivity index (χ0v) is 16.0. The number of carboxylic acid groups (broad SMARTS) is 1. The van der Waals surface area contributed by atoms with Gasteiger partial charge in [-0.15, -0.1) is 0 Å². The van der Waals surface area contributed by atoms with Crippen LogP contribution in [0.2, 0.25) is 0 Å². The van der Waals surface area contributed by atoms with Crippen LogP contribution in [0.3, 0.4) is 0 Å². The van der Waals surface area contributed by atoms with Crippen molar-refractivity contribution in [2.75, 3.05) is 30.5 Å². The number of rotatable bonds is 7. The summed E-state index contributed by atoms with van der Waals surface area (Å²) >= 11 is 0. The van der Waals surface area contributed by atoms with Crippen LogP contribution in [0.1, 0.15) is 11.1 Å². The van der Waals surface area contributed by atoms with Crippen LogP contribution in [0.25, 0.3) is 5.57 Å². The Morgan fingerprint density at radius 3 is 2.43 bits per heavy atom. The van der Waals surface area contributed by atoms with Crippen molar-refractivity contribution in [3.05, 3.63) is 71.2 Å². The van der Waals surface area contributed by atoms with Crippen molar-refractivity contribution < 1.29 is 32.9 Å². The number of aliphatic carboxylic acids is 1. The molecule has 0 saturated heterocycles. The molecule has 2 aromatic rings. The number of hydrogen-bond acceptors (Lipinski definition) is 5. The number of carbonyl (C=O) groups is 1. The lowest BCUT2D eigenvalue weighted by molar-refractivity contribution is -0.132. The summed E-state index contributed by atoms with van der Waals surface area (Å²) < 4.78 is 46.3. The Hall–Kier alpha value is -3.46. The summed E-state index contributed by atoms with van der Waals surface area (Å²) in [5.41, 5.74) is 1.16. The van der Waals surface area contributed by atoms with Crippen molar-refractivity contribution in [1.29, 1.82) is 0 Å². The maximum absolute atomic E-state index is 13.9.